The van der Waals surface area contributed by atoms with Gasteiger partial charge >= 0.3 is 0 Å². The molecule has 0 spiro atoms. The number of benzene rings is 1. The summed E-state index contributed by atoms with van der Waals surface area (Å²) in [7, 11) is 3.41. The Bertz CT molecular complexity index is 378. The molecule has 0 aliphatic heterocycles. The zero-order valence-electron chi connectivity index (χ0n) is 12.1. The summed E-state index contributed by atoms with van der Waals surface area (Å²) in [6, 6.07) is 5.88. The molecular weight excluding hydrogens is 226 g/mol. The van der Waals surface area contributed by atoms with Gasteiger partial charge in [-0.3, -0.25) is 0 Å². The maximum Gasteiger partial charge on any atom is 0.119 e. The second-order valence-electron chi connectivity index (χ2n) is 4.68. The maximum atomic E-state index is 6.43. The topological polar surface area (TPSA) is 44.5 Å². The van der Waals surface area contributed by atoms with Gasteiger partial charge in [0.25, 0.3) is 0 Å². The van der Waals surface area contributed by atoms with Crippen LogP contribution in [-0.4, -0.2) is 19.8 Å². The number of hydrogen-bond donors (Lipinski definition) is 1. The van der Waals surface area contributed by atoms with Crippen molar-refractivity contribution in [3.05, 3.63) is 29.3 Å². The summed E-state index contributed by atoms with van der Waals surface area (Å²) >= 11 is 0. The highest BCUT2D eigenvalue weighted by atomic mass is 16.5. The van der Waals surface area contributed by atoms with Crippen LogP contribution in [0.1, 0.15) is 43.9 Å². The molecule has 1 unspecified atom stereocenters. The van der Waals surface area contributed by atoms with E-state index in [9.17, 15) is 0 Å². The van der Waals surface area contributed by atoms with E-state index in [1.165, 1.54) is 0 Å². The number of nitrogens with two attached hydrogens (primary N) is 1. The summed E-state index contributed by atoms with van der Waals surface area (Å²) < 4.78 is 10.9. The van der Waals surface area contributed by atoms with Crippen LogP contribution >= 0.6 is 0 Å². The van der Waals surface area contributed by atoms with E-state index in [1.807, 2.05) is 18.2 Å². The molecule has 0 heterocycles. The summed E-state index contributed by atoms with van der Waals surface area (Å²) in [6.07, 6.45) is 1.79. The van der Waals surface area contributed by atoms with Crippen molar-refractivity contribution < 1.29 is 9.47 Å². The van der Waals surface area contributed by atoms with Gasteiger partial charge in [-0.05, 0) is 43.0 Å². The Morgan fingerprint density at radius 2 is 1.83 bits per heavy atom. The first-order valence-electron chi connectivity index (χ1n) is 6.49. The van der Waals surface area contributed by atoms with E-state index in [-0.39, 0.29) is 11.6 Å². The molecule has 0 amide bonds. The molecule has 102 valence electrons. The van der Waals surface area contributed by atoms with Crippen LogP contribution in [0.25, 0.3) is 0 Å². The minimum atomic E-state index is -0.292. The number of hydrogen-bond acceptors (Lipinski definition) is 3. The van der Waals surface area contributed by atoms with Gasteiger partial charge in [0.2, 0.25) is 0 Å². The van der Waals surface area contributed by atoms with Gasteiger partial charge < -0.3 is 15.2 Å². The molecule has 0 aliphatic carbocycles. The fourth-order valence-corrected chi connectivity index (χ4v) is 2.51. The molecule has 0 saturated carbocycles. The van der Waals surface area contributed by atoms with E-state index in [0.29, 0.717) is 0 Å². The van der Waals surface area contributed by atoms with Gasteiger partial charge in [-0.2, -0.15) is 0 Å². The highest BCUT2D eigenvalue weighted by Gasteiger charge is 2.34. The van der Waals surface area contributed by atoms with E-state index in [2.05, 4.69) is 20.8 Å². The van der Waals surface area contributed by atoms with Crippen LogP contribution in [0.3, 0.4) is 0 Å². The Morgan fingerprint density at radius 3 is 2.22 bits per heavy atom. The highest BCUT2D eigenvalue weighted by molar-refractivity contribution is 5.37. The zero-order chi connectivity index (χ0) is 13.8. The van der Waals surface area contributed by atoms with Gasteiger partial charge in [0.05, 0.1) is 18.8 Å². The normalized spacial score (nSPS) is 13.4. The van der Waals surface area contributed by atoms with Crippen molar-refractivity contribution in [2.45, 2.75) is 45.3 Å². The van der Waals surface area contributed by atoms with Gasteiger partial charge in [-0.15, -0.1) is 0 Å². The predicted octanol–water partition coefficient (Wildman–Crippen LogP) is 3.21. The summed E-state index contributed by atoms with van der Waals surface area (Å²) in [5, 5.41) is 0. The molecule has 0 fully saturated rings. The molecule has 3 nitrogen and oxygen atoms in total. The van der Waals surface area contributed by atoms with Crippen LogP contribution < -0.4 is 10.5 Å². The van der Waals surface area contributed by atoms with Crippen LogP contribution in [0.15, 0.2) is 18.2 Å². The lowest BCUT2D eigenvalue weighted by molar-refractivity contribution is -0.0387. The summed E-state index contributed by atoms with van der Waals surface area (Å²) in [5.74, 6) is 0.861. The minimum absolute atomic E-state index is 0.122. The number of rotatable bonds is 6. The molecule has 2 N–H and O–H groups in total. The average molecular weight is 251 g/mol. The van der Waals surface area contributed by atoms with Crippen molar-refractivity contribution in [2.75, 3.05) is 14.2 Å². The first-order chi connectivity index (χ1) is 8.54. The highest BCUT2D eigenvalue weighted by Crippen LogP contribution is 2.35. The second kappa shape index (κ2) is 6.21. The smallest absolute Gasteiger partial charge is 0.119 e. The van der Waals surface area contributed by atoms with Crippen LogP contribution in [0, 0.1) is 6.92 Å². The van der Waals surface area contributed by atoms with Crippen molar-refractivity contribution in [1.82, 2.24) is 0 Å². The Balaban J connectivity index is 3.13. The van der Waals surface area contributed by atoms with E-state index in [0.717, 1.165) is 29.7 Å². The summed E-state index contributed by atoms with van der Waals surface area (Å²) in [6.45, 7) is 6.29. The van der Waals surface area contributed by atoms with Crippen molar-refractivity contribution in [1.29, 1.82) is 0 Å². The molecule has 1 rings (SSSR count). The van der Waals surface area contributed by atoms with Gasteiger partial charge in [-0.1, -0.05) is 19.9 Å². The number of ether oxygens (including phenoxy) is 2. The number of aryl methyl sites for hydroxylation is 1. The fourth-order valence-electron chi connectivity index (χ4n) is 2.51. The lowest BCUT2D eigenvalue weighted by atomic mass is 9.83. The average Bonchev–Trinajstić information content (AvgIpc) is 2.41. The maximum absolute atomic E-state index is 6.43. The first-order valence-corrected chi connectivity index (χ1v) is 6.49. The largest absolute Gasteiger partial charge is 0.497 e. The lowest BCUT2D eigenvalue weighted by Gasteiger charge is -2.37. The van der Waals surface area contributed by atoms with Gasteiger partial charge in [0, 0.05) is 7.11 Å². The third-order valence-corrected chi connectivity index (χ3v) is 3.98. The Hall–Kier alpha value is -1.06. The van der Waals surface area contributed by atoms with Gasteiger partial charge in [-0.25, -0.2) is 0 Å². The molecule has 3 heteroatoms. The number of methoxy groups -OCH3 is 2. The van der Waals surface area contributed by atoms with Crippen molar-refractivity contribution >= 4 is 0 Å². The molecular formula is C15H25NO2. The van der Waals surface area contributed by atoms with Crippen LogP contribution in [-0.2, 0) is 4.74 Å². The third-order valence-electron chi connectivity index (χ3n) is 3.98. The Labute approximate surface area is 110 Å². The van der Waals surface area contributed by atoms with Gasteiger partial charge in [0.15, 0.2) is 0 Å². The molecule has 0 aliphatic rings. The van der Waals surface area contributed by atoms with Crippen LogP contribution in [0.4, 0.5) is 0 Å². The fraction of sp³-hybridized carbons (Fsp3) is 0.600. The van der Waals surface area contributed by atoms with Crippen molar-refractivity contribution in [3.8, 4) is 5.75 Å². The van der Waals surface area contributed by atoms with Gasteiger partial charge in [0.1, 0.15) is 5.75 Å². The molecule has 1 aromatic carbocycles. The van der Waals surface area contributed by atoms with Crippen molar-refractivity contribution in [3.63, 3.8) is 0 Å². The molecule has 1 atom stereocenters. The standard InChI is InChI=1S/C15H25NO2/c1-6-15(7-2,18-5)14(16)13-9-8-12(17-4)10-11(13)3/h8-10,14H,6-7,16H2,1-5H3. The molecule has 1 aromatic rings. The monoisotopic (exact) mass is 251 g/mol. The Morgan fingerprint density at radius 1 is 1.22 bits per heavy atom. The van der Waals surface area contributed by atoms with E-state index < -0.39 is 0 Å². The lowest BCUT2D eigenvalue weighted by Crippen LogP contribution is -2.42. The van der Waals surface area contributed by atoms with Crippen LogP contribution in [0.5, 0.6) is 5.75 Å². The minimum Gasteiger partial charge on any atom is -0.497 e. The van der Waals surface area contributed by atoms with E-state index in [4.69, 9.17) is 15.2 Å². The summed E-state index contributed by atoms with van der Waals surface area (Å²) in [4.78, 5) is 0. The Kier molecular flexibility index (Phi) is 5.17. The van der Waals surface area contributed by atoms with Crippen LogP contribution in [0.2, 0.25) is 0 Å². The van der Waals surface area contributed by atoms with E-state index in [1.54, 1.807) is 14.2 Å². The molecule has 0 radical (unpaired) electrons. The summed E-state index contributed by atoms with van der Waals surface area (Å²) in [5.41, 5.74) is 8.41. The quantitative estimate of drug-likeness (QED) is 0.844. The SMILES string of the molecule is CCC(CC)(OC)C(N)c1ccc(OC)cc1C. The van der Waals surface area contributed by atoms with E-state index >= 15 is 0 Å². The third kappa shape index (κ3) is 2.68. The zero-order valence-corrected chi connectivity index (χ0v) is 12.1. The molecule has 0 saturated heterocycles. The first kappa shape index (κ1) is 15.0. The second-order valence-corrected chi connectivity index (χ2v) is 4.68. The molecule has 0 bridgehead atoms. The van der Waals surface area contributed by atoms with Crippen molar-refractivity contribution in [2.24, 2.45) is 5.73 Å². The molecule has 0 aromatic heterocycles. The predicted molar refractivity (Wildman–Crippen MR) is 75.0 cm³/mol. The molecule has 18 heavy (non-hydrogen) atoms.